The Kier molecular flexibility index (Phi) is 4.81. The Bertz CT molecular complexity index is 624. The highest BCUT2D eigenvalue weighted by atomic mass is 16.5. The van der Waals surface area contributed by atoms with Gasteiger partial charge in [-0.05, 0) is 32.4 Å². The second-order valence-electron chi connectivity index (χ2n) is 5.26. The zero-order chi connectivity index (χ0) is 15.4. The molecular weight excluding hydrogens is 264 g/mol. The van der Waals surface area contributed by atoms with E-state index in [2.05, 4.69) is 4.98 Å². The molecule has 21 heavy (non-hydrogen) atoms. The van der Waals surface area contributed by atoms with Gasteiger partial charge >= 0.3 is 0 Å². The van der Waals surface area contributed by atoms with E-state index < -0.39 is 0 Å². The fraction of sp³-hybridized carbons (Fsp3) is 0.353. The van der Waals surface area contributed by atoms with Gasteiger partial charge in [0.2, 0.25) is 0 Å². The normalized spacial score (nSPS) is 12.0. The maximum atomic E-state index is 5.99. The number of nitrogens with zero attached hydrogens (tertiary/aromatic N) is 1. The molecule has 4 nitrogen and oxygen atoms in total. The zero-order valence-corrected chi connectivity index (χ0v) is 13.0. The van der Waals surface area contributed by atoms with Crippen LogP contribution in [-0.4, -0.2) is 12.1 Å². The monoisotopic (exact) mass is 286 g/mol. The van der Waals surface area contributed by atoms with E-state index in [1.54, 1.807) is 7.11 Å². The Balaban J connectivity index is 2.20. The smallest absolute Gasteiger partial charge is 0.130 e. The molecule has 0 saturated heterocycles. The summed E-state index contributed by atoms with van der Waals surface area (Å²) in [7, 11) is 1.65. The molecule has 0 amide bonds. The van der Waals surface area contributed by atoms with Gasteiger partial charge in [0.25, 0.3) is 0 Å². The number of methoxy groups -OCH3 is 1. The van der Waals surface area contributed by atoms with Crippen molar-refractivity contribution in [2.24, 2.45) is 5.73 Å². The minimum atomic E-state index is -0.0689. The van der Waals surface area contributed by atoms with Crippen LogP contribution in [0.25, 0.3) is 0 Å². The van der Waals surface area contributed by atoms with Crippen LogP contribution in [0.15, 0.2) is 30.3 Å². The number of rotatable bonds is 5. The summed E-state index contributed by atoms with van der Waals surface area (Å²) in [5.41, 5.74) is 9.87. The minimum Gasteiger partial charge on any atom is -0.497 e. The maximum absolute atomic E-state index is 5.99. The lowest BCUT2D eigenvalue weighted by Gasteiger charge is -2.15. The zero-order valence-electron chi connectivity index (χ0n) is 13.0. The second-order valence-corrected chi connectivity index (χ2v) is 5.26. The lowest BCUT2D eigenvalue weighted by Crippen LogP contribution is -2.09. The maximum Gasteiger partial charge on any atom is 0.130 e. The van der Waals surface area contributed by atoms with Gasteiger partial charge in [-0.3, -0.25) is 4.98 Å². The molecule has 0 spiro atoms. The van der Waals surface area contributed by atoms with Gasteiger partial charge in [0, 0.05) is 29.4 Å². The van der Waals surface area contributed by atoms with E-state index in [0.29, 0.717) is 6.61 Å². The van der Waals surface area contributed by atoms with Gasteiger partial charge < -0.3 is 15.2 Å². The van der Waals surface area contributed by atoms with E-state index in [0.717, 1.165) is 34.0 Å². The van der Waals surface area contributed by atoms with Crippen LogP contribution in [0.2, 0.25) is 0 Å². The molecule has 0 radical (unpaired) electrons. The predicted octanol–water partition coefficient (Wildman–Crippen LogP) is 3.31. The summed E-state index contributed by atoms with van der Waals surface area (Å²) < 4.78 is 11.2. The van der Waals surface area contributed by atoms with E-state index in [-0.39, 0.29) is 6.04 Å². The molecule has 1 aromatic heterocycles. The lowest BCUT2D eigenvalue weighted by molar-refractivity contribution is 0.295. The summed E-state index contributed by atoms with van der Waals surface area (Å²) in [4.78, 5) is 4.46. The van der Waals surface area contributed by atoms with Crippen molar-refractivity contribution in [2.75, 3.05) is 7.11 Å². The number of pyridine rings is 1. The topological polar surface area (TPSA) is 57.4 Å². The van der Waals surface area contributed by atoms with Crippen molar-refractivity contribution >= 4 is 0 Å². The van der Waals surface area contributed by atoms with Crippen molar-refractivity contribution in [3.8, 4) is 11.5 Å². The third-order valence-corrected chi connectivity index (χ3v) is 3.25. The molecule has 2 rings (SSSR count). The average molecular weight is 286 g/mol. The Morgan fingerprint density at radius 1 is 1.19 bits per heavy atom. The molecule has 1 aromatic carbocycles. The first-order valence-electron chi connectivity index (χ1n) is 7.00. The van der Waals surface area contributed by atoms with Crippen LogP contribution in [0.1, 0.15) is 35.5 Å². The summed E-state index contributed by atoms with van der Waals surface area (Å²) in [6, 6.07) is 9.77. The number of aryl methyl sites for hydroxylation is 2. The summed E-state index contributed by atoms with van der Waals surface area (Å²) in [5, 5.41) is 0. The first kappa shape index (κ1) is 15.3. The van der Waals surface area contributed by atoms with Crippen molar-refractivity contribution in [1.29, 1.82) is 0 Å². The van der Waals surface area contributed by atoms with E-state index in [9.17, 15) is 0 Å². The molecule has 2 aromatic rings. The Morgan fingerprint density at radius 2 is 1.95 bits per heavy atom. The summed E-state index contributed by atoms with van der Waals surface area (Å²) in [6.45, 7) is 6.31. The largest absolute Gasteiger partial charge is 0.497 e. The molecule has 0 aliphatic carbocycles. The van der Waals surface area contributed by atoms with E-state index in [4.69, 9.17) is 15.2 Å². The van der Waals surface area contributed by atoms with Crippen LogP contribution in [0.4, 0.5) is 0 Å². The molecule has 0 saturated carbocycles. The number of benzene rings is 1. The molecule has 0 bridgehead atoms. The SMILES string of the molecule is COc1cc(C)nc(COc2cc(C)ccc2[C@H](C)N)c1. The minimum absolute atomic E-state index is 0.0689. The highest BCUT2D eigenvalue weighted by Crippen LogP contribution is 2.26. The number of hydrogen-bond donors (Lipinski definition) is 1. The predicted molar refractivity (Wildman–Crippen MR) is 83.6 cm³/mol. The van der Waals surface area contributed by atoms with Gasteiger partial charge in [0.05, 0.1) is 12.8 Å². The van der Waals surface area contributed by atoms with Crippen LogP contribution in [-0.2, 0) is 6.61 Å². The first-order valence-corrected chi connectivity index (χ1v) is 7.00. The van der Waals surface area contributed by atoms with Crippen LogP contribution in [0.3, 0.4) is 0 Å². The van der Waals surface area contributed by atoms with Crippen LogP contribution < -0.4 is 15.2 Å². The van der Waals surface area contributed by atoms with E-state index in [1.807, 2.05) is 51.1 Å². The molecule has 4 heteroatoms. The van der Waals surface area contributed by atoms with Crippen molar-refractivity contribution in [1.82, 2.24) is 4.98 Å². The molecule has 1 atom stereocenters. The van der Waals surface area contributed by atoms with Gasteiger partial charge in [-0.25, -0.2) is 0 Å². The number of hydrogen-bond acceptors (Lipinski definition) is 4. The standard InChI is InChI=1S/C17H22N2O2/c1-11-5-6-16(13(3)18)17(7-11)21-10-14-9-15(20-4)8-12(2)19-14/h5-9,13H,10,18H2,1-4H3/t13-/m0/s1. The van der Waals surface area contributed by atoms with Crippen LogP contribution >= 0.6 is 0 Å². The fourth-order valence-electron chi connectivity index (χ4n) is 2.19. The fourth-order valence-corrected chi connectivity index (χ4v) is 2.19. The third kappa shape index (κ3) is 3.95. The molecule has 0 aliphatic heterocycles. The van der Waals surface area contributed by atoms with Gasteiger partial charge in [0.1, 0.15) is 18.1 Å². The van der Waals surface area contributed by atoms with Gasteiger partial charge in [-0.2, -0.15) is 0 Å². The molecule has 0 fully saturated rings. The highest BCUT2D eigenvalue weighted by molar-refractivity contribution is 5.39. The van der Waals surface area contributed by atoms with Crippen molar-refractivity contribution in [3.63, 3.8) is 0 Å². The summed E-state index contributed by atoms with van der Waals surface area (Å²) >= 11 is 0. The average Bonchev–Trinajstić information content (AvgIpc) is 2.44. The second kappa shape index (κ2) is 6.59. The number of nitrogens with two attached hydrogens (primary N) is 1. The number of ether oxygens (including phenoxy) is 2. The summed E-state index contributed by atoms with van der Waals surface area (Å²) in [5.74, 6) is 1.60. The van der Waals surface area contributed by atoms with Crippen molar-refractivity contribution in [3.05, 3.63) is 52.8 Å². The van der Waals surface area contributed by atoms with E-state index in [1.165, 1.54) is 0 Å². The molecule has 0 unspecified atom stereocenters. The van der Waals surface area contributed by atoms with Crippen LogP contribution in [0, 0.1) is 13.8 Å². The van der Waals surface area contributed by atoms with Crippen molar-refractivity contribution in [2.45, 2.75) is 33.4 Å². The third-order valence-electron chi connectivity index (χ3n) is 3.25. The molecule has 0 aliphatic rings. The van der Waals surface area contributed by atoms with Gasteiger partial charge in [0.15, 0.2) is 0 Å². The quantitative estimate of drug-likeness (QED) is 0.916. The first-order chi connectivity index (χ1) is 9.99. The Labute approximate surface area is 125 Å². The molecule has 1 heterocycles. The lowest BCUT2D eigenvalue weighted by atomic mass is 10.1. The Morgan fingerprint density at radius 3 is 2.62 bits per heavy atom. The van der Waals surface area contributed by atoms with Gasteiger partial charge in [-0.1, -0.05) is 12.1 Å². The molecule has 2 N–H and O–H groups in total. The molecule has 112 valence electrons. The molecular formula is C17H22N2O2. The van der Waals surface area contributed by atoms with Gasteiger partial charge in [-0.15, -0.1) is 0 Å². The van der Waals surface area contributed by atoms with E-state index >= 15 is 0 Å². The van der Waals surface area contributed by atoms with Crippen molar-refractivity contribution < 1.29 is 9.47 Å². The Hall–Kier alpha value is -2.07. The van der Waals surface area contributed by atoms with Crippen LogP contribution in [0.5, 0.6) is 11.5 Å². The number of aromatic nitrogens is 1. The highest BCUT2D eigenvalue weighted by Gasteiger charge is 2.09. The summed E-state index contributed by atoms with van der Waals surface area (Å²) in [6.07, 6.45) is 0.